The number of amides is 4. The zero-order valence-electron chi connectivity index (χ0n) is 33.6. The summed E-state index contributed by atoms with van der Waals surface area (Å²) in [5, 5.41) is 16.6. The van der Waals surface area contributed by atoms with Gasteiger partial charge < -0.3 is 15.3 Å². The first kappa shape index (κ1) is 39.0. The van der Waals surface area contributed by atoms with Crippen LogP contribution in [0, 0.1) is 5.92 Å². The molecule has 1 atom stereocenters. The zero-order valence-corrected chi connectivity index (χ0v) is 33.6. The van der Waals surface area contributed by atoms with E-state index >= 15 is 0 Å². The van der Waals surface area contributed by atoms with Gasteiger partial charge in [-0.1, -0.05) is 18.2 Å². The Labute approximate surface area is 345 Å². The number of aromatic nitrogens is 5. The average Bonchev–Trinajstić information content (AvgIpc) is 3.65. The Balaban J connectivity index is 0.852. The summed E-state index contributed by atoms with van der Waals surface area (Å²) in [7, 11) is 0. The van der Waals surface area contributed by atoms with Crippen molar-refractivity contribution in [2.24, 2.45) is 5.92 Å². The molecule has 0 saturated carbocycles. The van der Waals surface area contributed by atoms with Crippen LogP contribution in [0.25, 0.3) is 16.9 Å². The molecule has 4 aliphatic heterocycles. The molecule has 2 aromatic carbocycles. The van der Waals surface area contributed by atoms with E-state index < -0.39 is 35.3 Å². The first-order valence-electron chi connectivity index (χ1n) is 20.4. The van der Waals surface area contributed by atoms with Crippen molar-refractivity contribution in [2.45, 2.75) is 70.7 Å². The second kappa shape index (κ2) is 15.3. The quantitative estimate of drug-likeness (QED) is 0.137. The number of piperidine rings is 2. The molecular weight excluding hydrogens is 765 g/mol. The second-order valence-corrected chi connectivity index (χ2v) is 16.6. The van der Waals surface area contributed by atoms with E-state index in [1.165, 1.54) is 22.0 Å². The number of aliphatic hydroxyl groups is 1. The van der Waals surface area contributed by atoms with E-state index in [2.05, 4.69) is 49.1 Å². The van der Waals surface area contributed by atoms with Gasteiger partial charge in [0.25, 0.3) is 17.4 Å². The maximum absolute atomic E-state index is 13.5. The molecule has 16 nitrogen and oxygen atoms in total. The number of pyridine rings is 1. The Bertz CT molecular complexity index is 2650. The van der Waals surface area contributed by atoms with Crippen molar-refractivity contribution in [3.05, 3.63) is 112 Å². The monoisotopic (exact) mass is 810 g/mol. The van der Waals surface area contributed by atoms with Gasteiger partial charge in [-0.2, -0.15) is 4.98 Å². The van der Waals surface area contributed by atoms with E-state index in [1.807, 2.05) is 12.1 Å². The van der Waals surface area contributed by atoms with Gasteiger partial charge in [-0.15, -0.1) is 6.58 Å². The summed E-state index contributed by atoms with van der Waals surface area (Å²) >= 11 is 0. The van der Waals surface area contributed by atoms with Crippen LogP contribution in [-0.4, -0.2) is 95.1 Å². The Kier molecular flexibility index (Phi) is 9.91. The lowest BCUT2D eigenvalue weighted by Gasteiger charge is -2.37. The molecule has 7 heterocycles. The maximum atomic E-state index is 13.5. The highest BCUT2D eigenvalue weighted by atomic mass is 16.3. The number of imide groups is 2. The zero-order chi connectivity index (χ0) is 41.9. The van der Waals surface area contributed by atoms with E-state index in [4.69, 9.17) is 4.98 Å². The third-order valence-electron chi connectivity index (χ3n) is 12.0. The van der Waals surface area contributed by atoms with Crippen molar-refractivity contribution in [3.8, 4) is 5.82 Å². The van der Waals surface area contributed by atoms with Crippen LogP contribution in [0.4, 0.5) is 17.3 Å². The second-order valence-electron chi connectivity index (χ2n) is 16.6. The van der Waals surface area contributed by atoms with Crippen molar-refractivity contribution < 1.29 is 24.3 Å². The molecule has 4 aliphatic rings. The summed E-state index contributed by atoms with van der Waals surface area (Å²) in [6.07, 6.45) is 6.27. The van der Waals surface area contributed by atoms with Crippen molar-refractivity contribution in [1.82, 2.24) is 39.4 Å². The van der Waals surface area contributed by atoms with Gasteiger partial charge >= 0.3 is 0 Å². The van der Waals surface area contributed by atoms with Gasteiger partial charge in [-0.3, -0.25) is 39.1 Å². The highest BCUT2D eigenvalue weighted by molar-refractivity contribution is 6.23. The molecule has 5 aromatic rings. The van der Waals surface area contributed by atoms with Gasteiger partial charge in [0.15, 0.2) is 11.5 Å². The number of nitrogens with zero attached hydrogens (tertiary/aromatic N) is 8. The number of fused-ring (bicyclic) bond motifs is 3. The number of hydrogen-bond donors (Lipinski definition) is 3. The lowest BCUT2D eigenvalue weighted by molar-refractivity contribution is -0.136. The minimum atomic E-state index is -1.19. The number of benzene rings is 2. The third-order valence-corrected chi connectivity index (χ3v) is 12.0. The van der Waals surface area contributed by atoms with Gasteiger partial charge in [-0.25, -0.2) is 19.3 Å². The van der Waals surface area contributed by atoms with Crippen LogP contribution in [0.3, 0.4) is 0 Å². The molecular formula is C44H46N10O6. The van der Waals surface area contributed by atoms with Crippen molar-refractivity contribution in [1.29, 1.82) is 0 Å². The largest absolute Gasteiger partial charge is 0.384 e. The normalized spacial score (nSPS) is 18.8. The van der Waals surface area contributed by atoms with Gasteiger partial charge in [-0.05, 0) is 99.0 Å². The van der Waals surface area contributed by atoms with Crippen LogP contribution in [0.5, 0.6) is 0 Å². The van der Waals surface area contributed by atoms with Crippen LogP contribution >= 0.6 is 0 Å². The fraction of sp³-hybridized carbons (Fsp3) is 0.364. The van der Waals surface area contributed by atoms with Crippen molar-refractivity contribution in [3.63, 3.8) is 0 Å². The fourth-order valence-corrected chi connectivity index (χ4v) is 8.86. The molecule has 16 heteroatoms. The van der Waals surface area contributed by atoms with Crippen LogP contribution in [0.1, 0.15) is 77.1 Å². The topological polar surface area (TPSA) is 188 Å². The molecule has 0 aliphatic carbocycles. The molecule has 308 valence electrons. The SMILES string of the molecule is C=CCn1c(=O)c2cnc(Nc3ccc4c(c3)CN(CC3CCN(c5ccc6c(c5)C(=O)N(C5CCC(=O)NC5=O)C6=O)CC3)CC4)nc2n1-c1cccc(C(C)(C)O)n1. The number of hydrogen-bond acceptors (Lipinski definition) is 12. The van der Waals surface area contributed by atoms with Gasteiger partial charge in [0.2, 0.25) is 17.8 Å². The molecule has 2 fully saturated rings. The Morgan fingerprint density at radius 1 is 0.917 bits per heavy atom. The summed E-state index contributed by atoms with van der Waals surface area (Å²) in [6.45, 7) is 11.7. The molecule has 3 N–H and O–H groups in total. The number of allylic oxidation sites excluding steroid dienone is 1. The minimum absolute atomic E-state index is 0.0828. The Morgan fingerprint density at radius 3 is 2.48 bits per heavy atom. The summed E-state index contributed by atoms with van der Waals surface area (Å²) in [4.78, 5) is 83.9. The Morgan fingerprint density at radius 2 is 1.72 bits per heavy atom. The molecule has 4 amide bonds. The first-order chi connectivity index (χ1) is 28.9. The maximum Gasteiger partial charge on any atom is 0.278 e. The van der Waals surface area contributed by atoms with Gasteiger partial charge in [0.1, 0.15) is 17.0 Å². The summed E-state index contributed by atoms with van der Waals surface area (Å²) in [5.74, 6) is -0.746. The molecule has 0 radical (unpaired) electrons. The molecule has 0 spiro atoms. The first-order valence-corrected chi connectivity index (χ1v) is 20.4. The average molecular weight is 811 g/mol. The standard InChI is InChI=1S/C44H46N10O6/c1-4-17-52-40(57)33-23-45-43(49-38(33)54(52)36-7-5-6-35(47-36)44(2,3)60)46-29-9-8-27-16-18-50(25-28(27)21-29)24-26-14-19-51(20-15-26)30-10-11-31-32(22-30)42(59)53(41(31)58)34-12-13-37(55)48-39(34)56/h4-11,21-23,26,34,60H,1,12-20,24-25H2,2-3H3,(H,45,46,49)(H,48,55,56). The highest BCUT2D eigenvalue weighted by Crippen LogP contribution is 2.33. The molecule has 1 unspecified atom stereocenters. The highest BCUT2D eigenvalue weighted by Gasteiger charge is 2.45. The molecule has 2 saturated heterocycles. The predicted molar refractivity (Wildman–Crippen MR) is 223 cm³/mol. The number of anilines is 3. The molecule has 0 bridgehead atoms. The van der Waals surface area contributed by atoms with Crippen molar-refractivity contribution >= 4 is 52.0 Å². The number of rotatable bonds is 10. The number of carbonyl (C=O) groups is 4. The predicted octanol–water partition coefficient (Wildman–Crippen LogP) is 3.81. The fourth-order valence-electron chi connectivity index (χ4n) is 8.86. The smallest absolute Gasteiger partial charge is 0.278 e. The lowest BCUT2D eigenvalue weighted by Crippen LogP contribution is -2.54. The Hall–Kier alpha value is -6.52. The van der Waals surface area contributed by atoms with E-state index in [9.17, 15) is 29.1 Å². The molecule has 60 heavy (non-hydrogen) atoms. The minimum Gasteiger partial charge on any atom is -0.384 e. The molecule has 9 rings (SSSR count). The summed E-state index contributed by atoms with van der Waals surface area (Å²) < 4.78 is 3.15. The van der Waals surface area contributed by atoms with E-state index in [-0.39, 0.29) is 30.5 Å². The van der Waals surface area contributed by atoms with Gasteiger partial charge in [0, 0.05) is 56.7 Å². The van der Waals surface area contributed by atoms with Gasteiger partial charge in [0.05, 0.1) is 23.4 Å². The van der Waals surface area contributed by atoms with Crippen LogP contribution in [0.2, 0.25) is 0 Å². The number of carbonyl (C=O) groups excluding carboxylic acids is 4. The lowest BCUT2D eigenvalue weighted by atomic mass is 9.93. The van der Waals surface area contributed by atoms with E-state index in [0.29, 0.717) is 40.0 Å². The van der Waals surface area contributed by atoms with Crippen molar-refractivity contribution in [2.75, 3.05) is 36.4 Å². The summed E-state index contributed by atoms with van der Waals surface area (Å²) in [5.41, 5.74) is 4.20. The summed E-state index contributed by atoms with van der Waals surface area (Å²) in [6, 6.07) is 15.9. The number of nitrogens with one attached hydrogen (secondary N) is 2. The van der Waals surface area contributed by atoms with E-state index in [1.54, 1.807) is 54.9 Å². The van der Waals surface area contributed by atoms with Crippen LogP contribution in [-0.2, 0) is 34.7 Å². The van der Waals surface area contributed by atoms with Crippen LogP contribution in [0.15, 0.2) is 78.2 Å². The van der Waals surface area contributed by atoms with E-state index in [0.717, 1.165) is 68.3 Å². The van der Waals surface area contributed by atoms with Crippen LogP contribution < -0.4 is 21.1 Å². The third kappa shape index (κ3) is 7.15. The molecule has 3 aromatic heterocycles.